The van der Waals surface area contributed by atoms with Gasteiger partial charge in [-0.2, -0.15) is 4.98 Å². The molecule has 3 N–H and O–H groups in total. The average Bonchev–Trinajstić information content (AvgIpc) is 3.12. The van der Waals surface area contributed by atoms with Gasteiger partial charge in [0.15, 0.2) is 17.4 Å². The van der Waals surface area contributed by atoms with Crippen LogP contribution in [-0.4, -0.2) is 62.7 Å². The number of aromatic nitrogens is 4. The maximum atomic E-state index is 12.1. The van der Waals surface area contributed by atoms with Gasteiger partial charge in [0.2, 0.25) is 5.95 Å². The Morgan fingerprint density at radius 2 is 1.90 bits per heavy atom. The number of nitrogens with zero attached hydrogens (tertiary/aromatic N) is 3. The third kappa shape index (κ3) is 4.77. The van der Waals surface area contributed by atoms with E-state index >= 15 is 0 Å². The number of hydrogen-bond donors (Lipinski definition) is 2. The molecule has 0 aromatic carbocycles. The van der Waals surface area contributed by atoms with Crippen molar-refractivity contribution in [2.45, 2.75) is 77.3 Å². The number of imidazole rings is 1. The highest BCUT2D eigenvalue weighted by Crippen LogP contribution is 2.37. The molecule has 1 saturated heterocycles. The molecular weight excluding hydrogens is 378 g/mol. The second kappa shape index (κ2) is 7.67. The smallest absolute Gasteiger partial charge is 0.280 e. The molecule has 2 aromatic heterocycles. The standard InChI is InChI=1S/C19H31N5O5/c1-18(2,3)27-8-10-12(29-19(4,5)6)13(26-7)16(28-10)24-9-21-11-14(24)22-17(20)23-15(11)25/h9-10,12-13,16H,8H2,1-7H3,(H3,20,22,23,25)/t10-,12?,13+,16-/m1/s1. The summed E-state index contributed by atoms with van der Waals surface area (Å²) in [6.07, 6.45) is -0.365. The number of rotatable bonds is 5. The molecule has 1 aliphatic heterocycles. The van der Waals surface area contributed by atoms with Crippen molar-refractivity contribution in [2.24, 2.45) is 0 Å². The average molecular weight is 409 g/mol. The van der Waals surface area contributed by atoms with Crippen LogP contribution in [0.15, 0.2) is 11.1 Å². The molecule has 162 valence electrons. The lowest BCUT2D eigenvalue weighted by Crippen LogP contribution is -2.43. The summed E-state index contributed by atoms with van der Waals surface area (Å²) in [7, 11) is 1.60. The van der Waals surface area contributed by atoms with Crippen molar-refractivity contribution in [3.8, 4) is 0 Å². The van der Waals surface area contributed by atoms with E-state index in [0.29, 0.717) is 12.3 Å². The number of aromatic amines is 1. The summed E-state index contributed by atoms with van der Waals surface area (Å²) in [6.45, 7) is 12.2. The molecule has 0 saturated carbocycles. The SMILES string of the molecule is CO[C@H]1C(OC(C)(C)C)[C@@H](COC(C)(C)C)O[C@H]1n1cnc2c(=O)[nH]c(N)nc21. The monoisotopic (exact) mass is 409 g/mol. The molecule has 4 atom stereocenters. The van der Waals surface area contributed by atoms with Crippen LogP contribution in [0.2, 0.25) is 0 Å². The number of nitrogen functional groups attached to an aromatic ring is 1. The van der Waals surface area contributed by atoms with Crippen molar-refractivity contribution in [3.05, 3.63) is 16.7 Å². The van der Waals surface area contributed by atoms with Gasteiger partial charge in [-0.15, -0.1) is 0 Å². The molecule has 0 bridgehead atoms. The quantitative estimate of drug-likeness (QED) is 0.763. The maximum absolute atomic E-state index is 12.1. The van der Waals surface area contributed by atoms with Crippen molar-refractivity contribution in [1.82, 2.24) is 19.5 Å². The van der Waals surface area contributed by atoms with E-state index < -0.39 is 29.6 Å². The molecule has 10 heteroatoms. The third-order valence-corrected chi connectivity index (χ3v) is 4.45. The van der Waals surface area contributed by atoms with Crippen LogP contribution < -0.4 is 11.3 Å². The maximum Gasteiger partial charge on any atom is 0.280 e. The number of methoxy groups -OCH3 is 1. The normalized spacial score (nSPS) is 25.8. The first-order valence-corrected chi connectivity index (χ1v) is 9.62. The summed E-state index contributed by atoms with van der Waals surface area (Å²) >= 11 is 0. The molecule has 1 fully saturated rings. The van der Waals surface area contributed by atoms with Crippen molar-refractivity contribution >= 4 is 17.1 Å². The van der Waals surface area contributed by atoms with Gasteiger partial charge in [0.05, 0.1) is 24.1 Å². The molecule has 0 radical (unpaired) electrons. The fourth-order valence-electron chi connectivity index (χ4n) is 3.33. The number of ether oxygens (including phenoxy) is 4. The zero-order chi connectivity index (χ0) is 21.6. The number of H-pyrrole nitrogens is 1. The molecule has 10 nitrogen and oxygen atoms in total. The van der Waals surface area contributed by atoms with Crippen molar-refractivity contribution < 1.29 is 18.9 Å². The number of nitrogens with one attached hydrogen (secondary N) is 1. The Bertz CT molecular complexity index is 910. The van der Waals surface area contributed by atoms with Gasteiger partial charge in [-0.05, 0) is 41.5 Å². The highest BCUT2D eigenvalue weighted by Gasteiger charge is 2.49. The number of hydrogen-bond acceptors (Lipinski definition) is 8. The Morgan fingerprint density at radius 1 is 1.21 bits per heavy atom. The molecule has 29 heavy (non-hydrogen) atoms. The van der Waals surface area contributed by atoms with Gasteiger partial charge in [0.1, 0.15) is 18.3 Å². The van der Waals surface area contributed by atoms with Gasteiger partial charge in [-0.3, -0.25) is 14.3 Å². The Balaban J connectivity index is 1.99. The lowest BCUT2D eigenvalue weighted by Gasteiger charge is -2.31. The van der Waals surface area contributed by atoms with Gasteiger partial charge in [0, 0.05) is 7.11 Å². The Kier molecular flexibility index (Phi) is 5.74. The van der Waals surface area contributed by atoms with Crippen LogP contribution in [0.1, 0.15) is 47.8 Å². The Hall–Kier alpha value is -2.01. The van der Waals surface area contributed by atoms with Gasteiger partial charge in [-0.1, -0.05) is 0 Å². The van der Waals surface area contributed by atoms with Crippen LogP contribution in [-0.2, 0) is 18.9 Å². The first kappa shape index (κ1) is 21.7. The van der Waals surface area contributed by atoms with Crippen molar-refractivity contribution in [2.75, 3.05) is 19.5 Å². The molecule has 0 aliphatic carbocycles. The number of nitrogens with two attached hydrogens (primary N) is 1. The summed E-state index contributed by atoms with van der Waals surface area (Å²) in [5.41, 5.74) is 5.07. The molecular formula is C19H31N5O5. The summed E-state index contributed by atoms with van der Waals surface area (Å²) in [6, 6.07) is 0. The van der Waals surface area contributed by atoms with Crippen molar-refractivity contribution in [1.29, 1.82) is 0 Å². The highest BCUT2D eigenvalue weighted by molar-refractivity contribution is 5.70. The van der Waals surface area contributed by atoms with E-state index in [2.05, 4.69) is 15.0 Å². The minimum absolute atomic E-state index is 0.00585. The first-order valence-electron chi connectivity index (χ1n) is 9.62. The summed E-state index contributed by atoms with van der Waals surface area (Å²) < 4.78 is 26.0. The van der Waals surface area contributed by atoms with Crippen LogP contribution in [0.5, 0.6) is 0 Å². The number of anilines is 1. The second-order valence-electron chi connectivity index (χ2n) is 9.16. The second-order valence-corrected chi connectivity index (χ2v) is 9.16. The van der Waals surface area contributed by atoms with E-state index in [-0.39, 0.29) is 23.2 Å². The molecule has 1 unspecified atom stereocenters. The zero-order valence-electron chi connectivity index (χ0n) is 18.1. The molecule has 1 aliphatic rings. The molecule has 3 rings (SSSR count). The van der Waals surface area contributed by atoms with E-state index in [1.165, 1.54) is 6.33 Å². The van der Waals surface area contributed by atoms with Gasteiger partial charge < -0.3 is 24.7 Å². The Morgan fingerprint density at radius 3 is 2.48 bits per heavy atom. The fraction of sp³-hybridized carbons (Fsp3) is 0.737. The lowest BCUT2D eigenvalue weighted by atomic mass is 10.1. The lowest BCUT2D eigenvalue weighted by molar-refractivity contribution is -0.140. The first-order chi connectivity index (χ1) is 13.4. The van der Waals surface area contributed by atoms with Crippen LogP contribution in [0.25, 0.3) is 11.2 Å². The molecule has 0 amide bonds. The van der Waals surface area contributed by atoms with E-state index in [1.807, 2.05) is 41.5 Å². The summed E-state index contributed by atoms with van der Waals surface area (Å²) in [5, 5.41) is 0. The van der Waals surface area contributed by atoms with Gasteiger partial charge in [0.25, 0.3) is 5.56 Å². The summed E-state index contributed by atoms with van der Waals surface area (Å²) in [4.78, 5) is 23.0. The molecule has 0 spiro atoms. The minimum atomic E-state index is -0.611. The van der Waals surface area contributed by atoms with E-state index in [9.17, 15) is 4.79 Å². The molecule has 3 heterocycles. The van der Waals surface area contributed by atoms with Gasteiger partial charge >= 0.3 is 0 Å². The molecule has 2 aromatic rings. The van der Waals surface area contributed by atoms with E-state index in [0.717, 1.165) is 0 Å². The Labute approximate surface area is 169 Å². The van der Waals surface area contributed by atoms with Crippen LogP contribution >= 0.6 is 0 Å². The largest absolute Gasteiger partial charge is 0.374 e. The fourth-order valence-corrected chi connectivity index (χ4v) is 3.33. The van der Waals surface area contributed by atoms with Crippen LogP contribution in [0.3, 0.4) is 0 Å². The number of fused-ring (bicyclic) bond motifs is 1. The van der Waals surface area contributed by atoms with Crippen molar-refractivity contribution in [3.63, 3.8) is 0 Å². The minimum Gasteiger partial charge on any atom is -0.374 e. The zero-order valence-corrected chi connectivity index (χ0v) is 18.1. The third-order valence-electron chi connectivity index (χ3n) is 4.45. The van der Waals surface area contributed by atoms with E-state index in [4.69, 9.17) is 24.7 Å². The van der Waals surface area contributed by atoms with Crippen LogP contribution in [0, 0.1) is 0 Å². The predicted octanol–water partition coefficient (Wildman–Crippen LogP) is 1.61. The van der Waals surface area contributed by atoms with Gasteiger partial charge in [-0.25, -0.2) is 4.98 Å². The van der Waals surface area contributed by atoms with Crippen LogP contribution in [0.4, 0.5) is 5.95 Å². The topological polar surface area (TPSA) is 127 Å². The predicted molar refractivity (Wildman–Crippen MR) is 108 cm³/mol. The van der Waals surface area contributed by atoms with E-state index in [1.54, 1.807) is 11.7 Å². The summed E-state index contributed by atoms with van der Waals surface area (Å²) in [5.74, 6) is 0.00585. The highest BCUT2D eigenvalue weighted by atomic mass is 16.6.